The number of guanidine groups is 1. The summed E-state index contributed by atoms with van der Waals surface area (Å²) in [5.41, 5.74) is 2.05. The van der Waals surface area contributed by atoms with Crippen LogP contribution in [-0.2, 0) is 18.3 Å². The molecule has 0 radical (unpaired) electrons. The predicted octanol–water partition coefficient (Wildman–Crippen LogP) is 1.98. The van der Waals surface area contributed by atoms with Crippen molar-refractivity contribution in [2.24, 2.45) is 12.0 Å². The molecule has 1 aliphatic rings. The molecular formula is C18H27IN6O2. The van der Waals surface area contributed by atoms with E-state index in [0.29, 0.717) is 19.0 Å². The third-order valence-electron chi connectivity index (χ3n) is 4.24. The largest absolute Gasteiger partial charge is 0.481 e. The lowest BCUT2D eigenvalue weighted by Gasteiger charge is -2.34. The number of morpholine rings is 1. The fraction of sp³-hybridized carbons (Fsp3) is 0.500. The summed E-state index contributed by atoms with van der Waals surface area (Å²) in [6.45, 7) is 5.57. The van der Waals surface area contributed by atoms with E-state index in [0.717, 1.165) is 36.7 Å². The minimum absolute atomic E-state index is 0. The number of methoxy groups -OCH3 is 1. The zero-order chi connectivity index (χ0) is 18.4. The summed E-state index contributed by atoms with van der Waals surface area (Å²) in [7, 11) is 3.54. The van der Waals surface area contributed by atoms with Gasteiger partial charge in [0.25, 0.3) is 0 Å². The summed E-state index contributed by atoms with van der Waals surface area (Å²) in [5.74, 6) is 1.48. The van der Waals surface area contributed by atoms with Crippen LogP contribution in [0.25, 0.3) is 0 Å². The second-order valence-electron chi connectivity index (χ2n) is 6.09. The van der Waals surface area contributed by atoms with Gasteiger partial charge < -0.3 is 19.7 Å². The van der Waals surface area contributed by atoms with Crippen LogP contribution < -0.4 is 10.1 Å². The molecular weight excluding hydrogens is 459 g/mol. The maximum atomic E-state index is 5.93. The van der Waals surface area contributed by atoms with Crippen molar-refractivity contribution in [1.29, 1.82) is 0 Å². The topological polar surface area (TPSA) is 76.8 Å². The number of hydrogen-bond acceptors (Lipinski definition) is 5. The van der Waals surface area contributed by atoms with Crippen molar-refractivity contribution in [2.75, 3.05) is 33.4 Å². The Balaban J connectivity index is 0.00000261. The number of nitrogens with zero attached hydrogens (tertiary/aromatic N) is 5. The van der Waals surface area contributed by atoms with E-state index in [1.54, 1.807) is 18.0 Å². The molecule has 1 N–H and O–H groups in total. The third kappa shape index (κ3) is 5.55. The van der Waals surface area contributed by atoms with Crippen molar-refractivity contribution in [3.8, 4) is 5.88 Å². The van der Waals surface area contributed by atoms with Crippen LogP contribution in [0.4, 0.5) is 0 Å². The Bertz CT molecular complexity index is 751. The van der Waals surface area contributed by atoms with Crippen LogP contribution >= 0.6 is 24.0 Å². The minimum atomic E-state index is -0.00534. The molecule has 0 saturated carbocycles. The Hall–Kier alpha value is -1.88. The molecule has 1 atom stereocenters. The molecule has 1 fully saturated rings. The van der Waals surface area contributed by atoms with E-state index in [1.807, 2.05) is 31.6 Å². The van der Waals surface area contributed by atoms with Gasteiger partial charge in [-0.15, -0.1) is 24.0 Å². The molecule has 0 aliphatic carbocycles. The highest BCUT2D eigenvalue weighted by molar-refractivity contribution is 14.0. The summed E-state index contributed by atoms with van der Waals surface area (Å²) in [6, 6.07) is 3.88. The smallest absolute Gasteiger partial charge is 0.218 e. The van der Waals surface area contributed by atoms with E-state index in [4.69, 9.17) is 14.5 Å². The Morgan fingerprint density at radius 3 is 3.04 bits per heavy atom. The lowest BCUT2D eigenvalue weighted by molar-refractivity contribution is -0.00805. The van der Waals surface area contributed by atoms with E-state index in [9.17, 15) is 0 Å². The van der Waals surface area contributed by atoms with Crippen molar-refractivity contribution < 1.29 is 9.47 Å². The SMILES string of the molecule is CCNC(=NCc1cccnc1OC)N1CCOC(c2cnn(C)c2)C1.I. The van der Waals surface area contributed by atoms with E-state index in [2.05, 4.69) is 27.2 Å². The number of aryl methyl sites for hydroxylation is 1. The van der Waals surface area contributed by atoms with Crippen LogP contribution in [0.2, 0.25) is 0 Å². The van der Waals surface area contributed by atoms with E-state index >= 15 is 0 Å². The minimum Gasteiger partial charge on any atom is -0.481 e. The van der Waals surface area contributed by atoms with E-state index < -0.39 is 0 Å². The molecule has 27 heavy (non-hydrogen) atoms. The van der Waals surface area contributed by atoms with Gasteiger partial charge in [-0.25, -0.2) is 9.98 Å². The van der Waals surface area contributed by atoms with Gasteiger partial charge >= 0.3 is 0 Å². The lowest BCUT2D eigenvalue weighted by atomic mass is 10.1. The highest BCUT2D eigenvalue weighted by Gasteiger charge is 2.25. The molecule has 0 amide bonds. The Kier molecular flexibility index (Phi) is 8.29. The van der Waals surface area contributed by atoms with Crippen LogP contribution in [-0.4, -0.2) is 59.0 Å². The van der Waals surface area contributed by atoms with Gasteiger partial charge in [0.2, 0.25) is 5.88 Å². The van der Waals surface area contributed by atoms with Crippen LogP contribution in [0, 0.1) is 0 Å². The van der Waals surface area contributed by atoms with Crippen LogP contribution in [0.5, 0.6) is 5.88 Å². The van der Waals surface area contributed by atoms with Gasteiger partial charge in [-0.1, -0.05) is 6.07 Å². The van der Waals surface area contributed by atoms with E-state index in [-0.39, 0.29) is 30.1 Å². The zero-order valence-electron chi connectivity index (χ0n) is 16.0. The number of hydrogen-bond donors (Lipinski definition) is 1. The standard InChI is InChI=1S/C18H26N6O2.HI/c1-4-19-18(21-10-14-6-5-7-20-17(14)25-3)24-8-9-26-16(13-24)15-11-22-23(2)12-15;/h5-7,11-12,16H,4,8-10,13H2,1-3H3,(H,19,21);1H. The summed E-state index contributed by atoms with van der Waals surface area (Å²) >= 11 is 0. The van der Waals surface area contributed by atoms with Crippen molar-refractivity contribution >= 4 is 29.9 Å². The molecule has 8 nitrogen and oxygen atoms in total. The third-order valence-corrected chi connectivity index (χ3v) is 4.24. The van der Waals surface area contributed by atoms with Crippen LogP contribution in [0.15, 0.2) is 35.7 Å². The highest BCUT2D eigenvalue weighted by atomic mass is 127. The second kappa shape index (κ2) is 10.5. The maximum Gasteiger partial charge on any atom is 0.218 e. The lowest BCUT2D eigenvalue weighted by Crippen LogP contribution is -2.48. The molecule has 1 aliphatic heterocycles. The summed E-state index contributed by atoms with van der Waals surface area (Å²) in [4.78, 5) is 11.2. The molecule has 1 unspecified atom stereocenters. The molecule has 148 valence electrons. The summed E-state index contributed by atoms with van der Waals surface area (Å²) in [6.07, 6.45) is 5.57. The first kappa shape index (κ1) is 21.4. The number of ether oxygens (including phenoxy) is 2. The molecule has 2 aromatic heterocycles. The fourth-order valence-electron chi connectivity index (χ4n) is 2.96. The van der Waals surface area contributed by atoms with Crippen molar-refractivity contribution in [3.05, 3.63) is 41.9 Å². The number of aliphatic imine (C=N–C) groups is 1. The van der Waals surface area contributed by atoms with Gasteiger partial charge in [0.1, 0.15) is 6.10 Å². The van der Waals surface area contributed by atoms with Crippen LogP contribution in [0.3, 0.4) is 0 Å². The quantitative estimate of drug-likeness (QED) is 0.396. The maximum absolute atomic E-state index is 5.93. The van der Waals surface area contributed by atoms with Crippen molar-refractivity contribution in [2.45, 2.75) is 19.6 Å². The zero-order valence-corrected chi connectivity index (χ0v) is 18.3. The number of halogens is 1. The number of aromatic nitrogens is 3. The molecule has 9 heteroatoms. The fourth-order valence-corrected chi connectivity index (χ4v) is 2.96. The Morgan fingerprint density at radius 1 is 1.48 bits per heavy atom. The first-order chi connectivity index (χ1) is 12.7. The molecule has 0 bridgehead atoms. The number of nitrogens with one attached hydrogen (secondary N) is 1. The van der Waals surface area contributed by atoms with Gasteiger partial charge in [0.05, 0.1) is 33.0 Å². The van der Waals surface area contributed by atoms with Crippen molar-refractivity contribution in [3.63, 3.8) is 0 Å². The monoisotopic (exact) mass is 486 g/mol. The molecule has 0 spiro atoms. The molecule has 1 saturated heterocycles. The van der Waals surface area contributed by atoms with Gasteiger partial charge in [-0.05, 0) is 13.0 Å². The van der Waals surface area contributed by atoms with Gasteiger partial charge in [0.15, 0.2) is 5.96 Å². The Morgan fingerprint density at radius 2 is 2.33 bits per heavy atom. The summed E-state index contributed by atoms with van der Waals surface area (Å²) in [5, 5.41) is 7.62. The predicted molar refractivity (Wildman–Crippen MR) is 114 cm³/mol. The van der Waals surface area contributed by atoms with E-state index in [1.165, 1.54) is 0 Å². The molecule has 0 aromatic carbocycles. The normalized spacial score (nSPS) is 17.4. The van der Waals surface area contributed by atoms with Gasteiger partial charge in [0, 0.05) is 43.7 Å². The second-order valence-corrected chi connectivity index (χ2v) is 6.09. The molecule has 3 heterocycles. The molecule has 3 rings (SSSR count). The summed E-state index contributed by atoms with van der Waals surface area (Å²) < 4.78 is 13.0. The Labute approximate surface area is 177 Å². The van der Waals surface area contributed by atoms with Crippen LogP contribution in [0.1, 0.15) is 24.2 Å². The number of rotatable bonds is 5. The average Bonchev–Trinajstić information content (AvgIpc) is 3.12. The molecule has 2 aromatic rings. The van der Waals surface area contributed by atoms with Gasteiger partial charge in [-0.3, -0.25) is 4.68 Å². The highest BCUT2D eigenvalue weighted by Crippen LogP contribution is 2.22. The average molecular weight is 486 g/mol. The first-order valence-electron chi connectivity index (χ1n) is 8.82. The first-order valence-corrected chi connectivity index (χ1v) is 8.82. The van der Waals surface area contributed by atoms with Crippen molar-refractivity contribution in [1.82, 2.24) is 25.0 Å². The van der Waals surface area contributed by atoms with Gasteiger partial charge in [-0.2, -0.15) is 5.10 Å². The number of pyridine rings is 1.